The van der Waals surface area contributed by atoms with Crippen LogP contribution in [0.4, 0.5) is 20.4 Å². The van der Waals surface area contributed by atoms with E-state index in [0.29, 0.717) is 54.5 Å². The minimum absolute atomic E-state index is 0. The molecule has 2 aliphatic rings. The predicted molar refractivity (Wildman–Crippen MR) is 259 cm³/mol. The maximum Gasteiger partial charge on any atom is 0 e. The Kier molecular flexibility index (Phi) is 22.1. The fraction of sp³-hybridized carbons (Fsp3) is 0.500. The third-order valence-electron chi connectivity index (χ3n) is 11.6. The minimum Gasteiger partial charge on any atom is 0 e. The first-order valence-corrected chi connectivity index (χ1v) is 35.1. The molecular formula is C40H58BBrF2I2N6O4Si2V2. The van der Waals surface area contributed by atoms with Gasteiger partial charge in [-0.3, -0.25) is 4.98 Å². The Morgan fingerprint density at radius 2 is 1.13 bits per heavy atom. The van der Waals surface area contributed by atoms with Gasteiger partial charge in [0.2, 0.25) is 0 Å². The summed E-state index contributed by atoms with van der Waals surface area (Å²) in [6.07, 6.45) is 12.6. The standard InChI is InChI=1S/C20H28FN3OSi.C16H26BFO3Si.C4H4BrN3.2HI.2V/c1-20(2,3)26(4,5)25-19-14(13-7-6-8-13)9-10-15(18(19)21)16-11-24-17(22)12-23-16;1-16(2,3)22(4,5)21-15-12(11-7-6-8-11)9-10-13(14(15)18)17(19)20;5-3-1-8-4(6)2-7-3;;;;/h9-13H,6-8H2,1-5H3,(H2,22,24);9-11,19-20H,6-8H2,1-5H3;1-2H,(H2,6,8);2*1H;;/q;;;;;;+2/p-2. The van der Waals surface area contributed by atoms with Crippen LogP contribution in [0.1, 0.15) is 103 Å². The largest absolute Gasteiger partial charge is 0 e. The summed E-state index contributed by atoms with van der Waals surface area (Å²) in [4.78, 5) is 15.8. The van der Waals surface area contributed by atoms with Crippen LogP contribution in [-0.4, -0.2) is 53.7 Å². The number of hydrogen-bond acceptors (Lipinski definition) is 10. The zero-order chi connectivity index (χ0) is 44.5. The molecule has 0 unspecified atom stereocenters. The molecule has 2 aliphatic carbocycles. The van der Waals surface area contributed by atoms with Crippen molar-refractivity contribution >= 4 is 96.7 Å². The Morgan fingerprint density at radius 3 is 1.47 bits per heavy atom. The Hall–Kier alpha value is -0.812. The Labute approximate surface area is 407 Å². The number of halogens is 5. The van der Waals surface area contributed by atoms with Crippen LogP contribution in [-0.2, 0) is 28.0 Å². The number of benzene rings is 2. The van der Waals surface area contributed by atoms with Crippen LogP contribution in [0, 0.1) is 11.6 Å². The summed E-state index contributed by atoms with van der Waals surface area (Å²) in [6, 6.07) is 7.06. The molecule has 6 N–H and O–H groups in total. The molecule has 20 heteroatoms. The second-order valence-corrected chi connectivity index (χ2v) is 39.8. The molecule has 2 aromatic carbocycles. The number of hydrogen-bond donors (Lipinski definition) is 4. The van der Waals surface area contributed by atoms with Gasteiger partial charge >= 0.3 is 56.5 Å². The van der Waals surface area contributed by atoms with Crippen molar-refractivity contribution in [1.29, 1.82) is 0 Å². The van der Waals surface area contributed by atoms with E-state index in [1.165, 1.54) is 31.1 Å². The van der Waals surface area contributed by atoms with Gasteiger partial charge in [0.05, 0.1) is 30.5 Å². The molecule has 0 atom stereocenters. The number of aromatic nitrogens is 4. The van der Waals surface area contributed by atoms with E-state index >= 15 is 4.39 Å². The molecule has 0 aliphatic heterocycles. The Balaban J connectivity index is 0.000000329. The summed E-state index contributed by atoms with van der Waals surface area (Å²) in [6.45, 7) is 21.2. The SMILES string of the molecule is CC(C)(C)[Si](C)(C)Oc1c(C2CCC2)ccc(-c2cnc(N)cn2)c1F.CC(C)(C)[Si](C)(C)Oc1c(C2CCC2)ccc(B(O)O)c1F.Nc1cnc(Br)cn1.[I][V][I].[V]. The van der Waals surface area contributed by atoms with Gasteiger partial charge in [-0.05, 0) is 107 Å². The smallest absolute Gasteiger partial charge is 0 e. The number of anilines is 2. The van der Waals surface area contributed by atoms with Gasteiger partial charge in [0.15, 0.2) is 11.6 Å². The van der Waals surface area contributed by atoms with Crippen LogP contribution >= 0.6 is 55.9 Å². The van der Waals surface area contributed by atoms with Crippen molar-refractivity contribution in [2.75, 3.05) is 11.5 Å². The van der Waals surface area contributed by atoms with Gasteiger partial charge in [-0.2, -0.15) is 0 Å². The summed E-state index contributed by atoms with van der Waals surface area (Å²) in [5.74, 6) is 1.16. The van der Waals surface area contributed by atoms with Gasteiger partial charge in [0, 0.05) is 29.6 Å². The van der Waals surface area contributed by atoms with E-state index in [1.807, 2.05) is 6.07 Å². The molecule has 4 aromatic rings. The molecule has 2 fully saturated rings. The van der Waals surface area contributed by atoms with Crippen LogP contribution in [0.3, 0.4) is 0 Å². The molecule has 10 nitrogen and oxygen atoms in total. The van der Waals surface area contributed by atoms with Crippen molar-refractivity contribution in [3.05, 3.63) is 76.4 Å². The normalized spacial score (nSPS) is 14.2. The summed E-state index contributed by atoms with van der Waals surface area (Å²) in [5.41, 5.74) is 13.5. The average Bonchev–Trinajstić information content (AvgIpc) is 3.08. The topological polar surface area (TPSA) is 163 Å². The van der Waals surface area contributed by atoms with Crippen molar-refractivity contribution in [3.63, 3.8) is 0 Å². The first-order chi connectivity index (χ1) is 27.3. The van der Waals surface area contributed by atoms with Crippen LogP contribution in [0.25, 0.3) is 11.3 Å². The van der Waals surface area contributed by atoms with E-state index < -0.39 is 29.6 Å². The number of nitrogens with zero attached hydrogens (tertiary/aromatic N) is 4. The van der Waals surface area contributed by atoms with E-state index in [9.17, 15) is 14.4 Å². The predicted octanol–water partition coefficient (Wildman–Crippen LogP) is 11.3. The monoisotopic (exact) mass is 1230 g/mol. The van der Waals surface area contributed by atoms with Crippen molar-refractivity contribution in [3.8, 4) is 22.8 Å². The van der Waals surface area contributed by atoms with Gasteiger partial charge in [0.1, 0.15) is 27.7 Å². The summed E-state index contributed by atoms with van der Waals surface area (Å²) >= 11 is 7.85. The van der Waals surface area contributed by atoms with Crippen molar-refractivity contribution in [2.24, 2.45) is 0 Å². The molecule has 0 bridgehead atoms. The van der Waals surface area contributed by atoms with E-state index in [0.717, 1.165) is 43.2 Å². The van der Waals surface area contributed by atoms with Gasteiger partial charge in [-0.1, -0.05) is 72.6 Å². The van der Waals surface area contributed by atoms with Gasteiger partial charge in [0.25, 0.3) is 16.6 Å². The second-order valence-electron chi connectivity index (χ2n) is 17.7. The molecule has 2 saturated carbocycles. The number of nitrogens with two attached hydrogens (primary N) is 2. The zero-order valence-corrected chi connectivity index (χ0v) is 46.7. The number of rotatable bonds is 8. The average molecular weight is 1230 g/mol. The zero-order valence-electron chi connectivity index (χ0n) is 36.0. The molecular weight excluding hydrogens is 1170 g/mol. The third-order valence-corrected chi connectivity index (χ3v) is 20.6. The molecule has 6 rings (SSSR count). The molecule has 328 valence electrons. The van der Waals surface area contributed by atoms with Crippen LogP contribution in [0.2, 0.25) is 36.3 Å². The first kappa shape index (κ1) is 55.3. The summed E-state index contributed by atoms with van der Waals surface area (Å²) < 4.78 is 43.7. The van der Waals surface area contributed by atoms with Crippen molar-refractivity contribution in [1.82, 2.24) is 19.9 Å². The van der Waals surface area contributed by atoms with E-state index in [-0.39, 0.29) is 45.7 Å². The van der Waals surface area contributed by atoms with E-state index in [4.69, 9.17) is 20.3 Å². The summed E-state index contributed by atoms with van der Waals surface area (Å²) in [5, 5.41) is 18.7. The quantitative estimate of drug-likeness (QED) is 0.0987. The number of nitrogen functional groups attached to an aromatic ring is 2. The van der Waals surface area contributed by atoms with Gasteiger partial charge in [-0.15, -0.1) is 0 Å². The molecule has 2 heterocycles. The maximum absolute atomic E-state index is 15.6. The first-order valence-electron chi connectivity index (χ1n) is 19.5. The third kappa shape index (κ3) is 15.1. The van der Waals surface area contributed by atoms with Crippen LogP contribution < -0.4 is 25.8 Å². The molecule has 60 heavy (non-hydrogen) atoms. The van der Waals surface area contributed by atoms with Crippen LogP contribution in [0.5, 0.6) is 11.5 Å². The fourth-order valence-electron chi connectivity index (χ4n) is 5.46. The Bertz CT molecular complexity index is 1960. The van der Waals surface area contributed by atoms with Crippen molar-refractivity contribution < 1.29 is 55.7 Å². The van der Waals surface area contributed by atoms with E-state index in [2.05, 4.69) is 144 Å². The second kappa shape index (κ2) is 23.9. The maximum atomic E-state index is 15.6. The summed E-state index contributed by atoms with van der Waals surface area (Å²) in [7, 11) is -5.57. The fourth-order valence-corrected chi connectivity index (χ4v) is 7.71. The molecule has 0 saturated heterocycles. The molecule has 2 aromatic heterocycles. The van der Waals surface area contributed by atoms with E-state index in [1.54, 1.807) is 18.3 Å². The van der Waals surface area contributed by atoms with Crippen molar-refractivity contribution in [2.45, 2.75) is 128 Å². The molecule has 0 amide bonds. The van der Waals surface area contributed by atoms with Crippen LogP contribution in [0.15, 0.2) is 53.7 Å². The van der Waals surface area contributed by atoms with Gasteiger partial charge in [-0.25, -0.2) is 23.7 Å². The Morgan fingerprint density at radius 1 is 0.717 bits per heavy atom. The van der Waals surface area contributed by atoms with Gasteiger partial charge < -0.3 is 30.4 Å². The minimum atomic E-state index is -2.20. The molecule has 0 spiro atoms. The molecule has 1 radical (unpaired) electrons.